The second kappa shape index (κ2) is 7.38. The Kier molecular flexibility index (Phi) is 5.84. The third-order valence-corrected chi connectivity index (χ3v) is 2.22. The molecule has 0 aromatic heterocycles. The fourth-order valence-electron chi connectivity index (χ4n) is 1.36. The minimum Gasteiger partial charge on any atom is -0.490 e. The predicted octanol–water partition coefficient (Wildman–Crippen LogP) is 2.01. The van der Waals surface area contributed by atoms with Crippen LogP contribution in [0.2, 0.25) is 0 Å². The molecule has 0 unspecified atom stereocenters. The summed E-state index contributed by atoms with van der Waals surface area (Å²) in [6.07, 6.45) is -4.47. The number of halogens is 3. The monoisotopic (exact) mass is 302 g/mol. The van der Waals surface area contributed by atoms with Crippen molar-refractivity contribution in [2.75, 3.05) is 19.8 Å². The summed E-state index contributed by atoms with van der Waals surface area (Å²) in [5.74, 6) is -0.475. The fourth-order valence-corrected chi connectivity index (χ4v) is 1.36. The Labute approximate surface area is 119 Å². The van der Waals surface area contributed by atoms with Gasteiger partial charge in [0, 0.05) is 6.07 Å². The van der Waals surface area contributed by atoms with Crippen molar-refractivity contribution in [3.63, 3.8) is 0 Å². The number of alkyl halides is 3. The van der Waals surface area contributed by atoms with E-state index in [-0.39, 0.29) is 11.5 Å². The van der Waals surface area contributed by atoms with Gasteiger partial charge < -0.3 is 14.8 Å². The van der Waals surface area contributed by atoms with Gasteiger partial charge in [-0.15, -0.1) is 0 Å². The highest BCUT2D eigenvalue weighted by Crippen LogP contribution is 2.28. The third kappa shape index (κ3) is 6.03. The molecule has 8 heteroatoms. The number of amides is 1. The molecule has 5 nitrogen and oxygen atoms in total. The molecule has 0 aliphatic carbocycles. The molecule has 0 atom stereocenters. The number of nitrogens with zero attached hydrogens (tertiary/aromatic N) is 1. The lowest BCUT2D eigenvalue weighted by Crippen LogP contribution is -2.36. The Morgan fingerprint density at radius 1 is 1.33 bits per heavy atom. The fraction of sp³-hybridized carbons (Fsp3) is 0.385. The van der Waals surface area contributed by atoms with Gasteiger partial charge in [0.25, 0.3) is 5.91 Å². The van der Waals surface area contributed by atoms with E-state index in [1.165, 1.54) is 18.2 Å². The van der Waals surface area contributed by atoms with Gasteiger partial charge in [0.1, 0.15) is 6.54 Å². The number of nitriles is 1. The van der Waals surface area contributed by atoms with E-state index in [1.807, 2.05) is 6.07 Å². The van der Waals surface area contributed by atoms with Crippen LogP contribution in [0.25, 0.3) is 0 Å². The molecule has 0 heterocycles. The van der Waals surface area contributed by atoms with Crippen LogP contribution >= 0.6 is 0 Å². The summed E-state index contributed by atoms with van der Waals surface area (Å²) in [7, 11) is 0. The Bertz CT molecular complexity index is 538. The minimum absolute atomic E-state index is 0.179. The molecule has 0 bridgehead atoms. The van der Waals surface area contributed by atoms with Crippen LogP contribution in [0, 0.1) is 11.3 Å². The van der Waals surface area contributed by atoms with Crippen LogP contribution in [0.15, 0.2) is 18.2 Å². The van der Waals surface area contributed by atoms with Gasteiger partial charge in [-0.2, -0.15) is 18.4 Å². The summed E-state index contributed by atoms with van der Waals surface area (Å²) >= 11 is 0. The number of hydrogen-bond acceptors (Lipinski definition) is 4. The Balaban J connectivity index is 2.62. The average Bonchev–Trinajstić information content (AvgIpc) is 2.43. The summed E-state index contributed by atoms with van der Waals surface area (Å²) in [5.41, 5.74) is 0.340. The van der Waals surface area contributed by atoms with Crippen molar-refractivity contribution in [3.8, 4) is 17.6 Å². The van der Waals surface area contributed by atoms with Crippen LogP contribution in [0.4, 0.5) is 13.2 Å². The van der Waals surface area contributed by atoms with E-state index in [0.29, 0.717) is 12.2 Å². The highest BCUT2D eigenvalue weighted by Gasteiger charge is 2.27. The predicted molar refractivity (Wildman–Crippen MR) is 66.9 cm³/mol. The first-order valence-electron chi connectivity index (χ1n) is 5.99. The molecule has 0 saturated heterocycles. The largest absolute Gasteiger partial charge is 0.490 e. The summed E-state index contributed by atoms with van der Waals surface area (Å²) in [5, 5.41) is 10.5. The van der Waals surface area contributed by atoms with Crippen LogP contribution in [-0.2, 0) is 4.79 Å². The van der Waals surface area contributed by atoms with E-state index in [2.05, 4.69) is 0 Å². The number of hydrogen-bond donors (Lipinski definition) is 1. The maximum absolute atomic E-state index is 11.9. The van der Waals surface area contributed by atoms with Gasteiger partial charge in [0.2, 0.25) is 0 Å². The number of rotatable bonds is 6. The number of carbonyl (C=O) groups excluding carboxylic acids is 1. The van der Waals surface area contributed by atoms with Crippen LogP contribution in [0.5, 0.6) is 11.5 Å². The summed E-state index contributed by atoms with van der Waals surface area (Å²) in [4.78, 5) is 11.2. The van der Waals surface area contributed by atoms with E-state index in [9.17, 15) is 18.0 Å². The number of benzene rings is 1. The quantitative estimate of drug-likeness (QED) is 0.872. The lowest BCUT2D eigenvalue weighted by Gasteiger charge is -2.12. The second-order valence-electron chi connectivity index (χ2n) is 3.89. The molecule has 0 radical (unpaired) electrons. The first-order chi connectivity index (χ1) is 9.85. The molecule has 1 N–H and O–H groups in total. The van der Waals surface area contributed by atoms with E-state index < -0.39 is 25.2 Å². The van der Waals surface area contributed by atoms with Gasteiger partial charge >= 0.3 is 6.18 Å². The van der Waals surface area contributed by atoms with Crippen molar-refractivity contribution in [2.45, 2.75) is 13.1 Å². The minimum atomic E-state index is -4.47. The smallest absolute Gasteiger partial charge is 0.405 e. The van der Waals surface area contributed by atoms with Gasteiger partial charge in [0.15, 0.2) is 18.1 Å². The molecule has 0 aliphatic heterocycles. The molecule has 1 aromatic rings. The molecule has 0 aliphatic rings. The molecule has 0 fully saturated rings. The molecule has 0 saturated carbocycles. The van der Waals surface area contributed by atoms with E-state index in [1.54, 1.807) is 12.2 Å². The standard InChI is InChI=1S/C13H13F3N2O3/c1-2-20-11-5-9(6-17)3-4-10(11)21-7-12(19)18-8-13(14,15)16/h3-5H,2,7-8H2,1H3,(H,18,19). The molecular formula is C13H13F3N2O3. The molecule has 0 spiro atoms. The maximum Gasteiger partial charge on any atom is 0.405 e. The van der Waals surface area contributed by atoms with Gasteiger partial charge in [-0.1, -0.05) is 0 Å². The normalized spacial score (nSPS) is 10.6. The SMILES string of the molecule is CCOc1cc(C#N)ccc1OCC(=O)NCC(F)(F)F. The first kappa shape index (κ1) is 16.6. The molecular weight excluding hydrogens is 289 g/mol. The molecule has 1 aromatic carbocycles. The lowest BCUT2D eigenvalue weighted by molar-refractivity contribution is -0.139. The van der Waals surface area contributed by atoms with Gasteiger partial charge in [-0.05, 0) is 19.1 Å². The summed E-state index contributed by atoms with van der Waals surface area (Å²) in [6.45, 7) is 0.0350. The third-order valence-electron chi connectivity index (χ3n) is 2.22. The van der Waals surface area contributed by atoms with Crippen molar-refractivity contribution < 1.29 is 27.4 Å². The summed E-state index contributed by atoms with van der Waals surface area (Å²) < 4.78 is 46.1. The van der Waals surface area contributed by atoms with Crippen molar-refractivity contribution in [1.82, 2.24) is 5.32 Å². The van der Waals surface area contributed by atoms with E-state index in [4.69, 9.17) is 14.7 Å². The number of carbonyl (C=O) groups is 1. The molecule has 21 heavy (non-hydrogen) atoms. The lowest BCUT2D eigenvalue weighted by atomic mass is 10.2. The van der Waals surface area contributed by atoms with Gasteiger partial charge in [-0.3, -0.25) is 4.79 Å². The average molecular weight is 302 g/mol. The number of nitrogens with one attached hydrogen (secondary N) is 1. The molecule has 114 valence electrons. The van der Waals surface area contributed by atoms with Gasteiger partial charge in [0.05, 0.1) is 18.2 Å². The zero-order chi connectivity index (χ0) is 15.9. The Morgan fingerprint density at radius 2 is 2.05 bits per heavy atom. The van der Waals surface area contributed by atoms with E-state index >= 15 is 0 Å². The first-order valence-corrected chi connectivity index (χ1v) is 5.99. The topological polar surface area (TPSA) is 71.3 Å². The van der Waals surface area contributed by atoms with E-state index in [0.717, 1.165) is 0 Å². The second-order valence-corrected chi connectivity index (χ2v) is 3.89. The van der Waals surface area contributed by atoms with Gasteiger partial charge in [-0.25, -0.2) is 0 Å². The number of ether oxygens (including phenoxy) is 2. The highest BCUT2D eigenvalue weighted by molar-refractivity contribution is 5.77. The maximum atomic E-state index is 11.9. The Morgan fingerprint density at radius 3 is 2.62 bits per heavy atom. The zero-order valence-electron chi connectivity index (χ0n) is 11.2. The Hall–Kier alpha value is -2.43. The van der Waals surface area contributed by atoms with Crippen LogP contribution in [0.3, 0.4) is 0 Å². The van der Waals surface area contributed by atoms with Crippen LogP contribution in [-0.4, -0.2) is 31.8 Å². The zero-order valence-corrected chi connectivity index (χ0v) is 11.2. The van der Waals surface area contributed by atoms with Crippen molar-refractivity contribution in [3.05, 3.63) is 23.8 Å². The van der Waals surface area contributed by atoms with Crippen molar-refractivity contribution >= 4 is 5.91 Å². The summed E-state index contributed by atoms with van der Waals surface area (Å²) in [6, 6.07) is 6.21. The molecule has 1 amide bonds. The van der Waals surface area contributed by atoms with Crippen molar-refractivity contribution in [1.29, 1.82) is 5.26 Å². The highest BCUT2D eigenvalue weighted by atomic mass is 19.4. The van der Waals surface area contributed by atoms with Crippen molar-refractivity contribution in [2.24, 2.45) is 0 Å². The van der Waals surface area contributed by atoms with Crippen LogP contribution in [0.1, 0.15) is 12.5 Å². The molecule has 1 rings (SSSR count). The van der Waals surface area contributed by atoms with Crippen LogP contribution < -0.4 is 14.8 Å².